The lowest BCUT2D eigenvalue weighted by molar-refractivity contribution is -0.455. The van der Waals surface area contributed by atoms with Crippen molar-refractivity contribution < 1.29 is 9.47 Å². The van der Waals surface area contributed by atoms with Gasteiger partial charge in [-0.05, 0) is 90.8 Å². The second-order valence-electron chi connectivity index (χ2n) is 13.8. The first-order valence-corrected chi connectivity index (χ1v) is 14.0. The Morgan fingerprint density at radius 2 is 1.58 bits per heavy atom. The lowest BCUT2D eigenvalue weighted by Gasteiger charge is -2.67. The van der Waals surface area contributed by atoms with Crippen LogP contribution in [0.5, 0.6) is 0 Å². The van der Waals surface area contributed by atoms with Gasteiger partial charge in [0.15, 0.2) is 12.6 Å². The Kier molecular flexibility index (Phi) is 5.86. The van der Waals surface area contributed by atoms with Crippen molar-refractivity contribution in [3.63, 3.8) is 0 Å². The number of fused-ring (bicyclic) bond motifs is 6. The Bertz CT molecular complexity index is 653. The average molecular weight is 431 g/mol. The van der Waals surface area contributed by atoms with Crippen molar-refractivity contribution in [3.05, 3.63) is 0 Å². The van der Waals surface area contributed by atoms with Crippen LogP contribution in [0.15, 0.2) is 0 Å². The molecule has 1 aliphatic heterocycles. The minimum atomic E-state index is -0.232. The highest BCUT2D eigenvalue weighted by Crippen LogP contribution is 2.71. The predicted octanol–water partition coefficient (Wildman–Crippen LogP) is 8.05. The van der Waals surface area contributed by atoms with Crippen LogP contribution in [0.1, 0.15) is 112 Å². The quantitative estimate of drug-likeness (QED) is 0.439. The van der Waals surface area contributed by atoms with Gasteiger partial charge in [-0.15, -0.1) is 0 Å². The van der Waals surface area contributed by atoms with Gasteiger partial charge < -0.3 is 9.47 Å². The maximum absolute atomic E-state index is 6.40. The molecule has 0 aromatic heterocycles. The summed E-state index contributed by atoms with van der Waals surface area (Å²) in [5.41, 5.74) is 0.979. The maximum atomic E-state index is 6.40. The van der Waals surface area contributed by atoms with Crippen LogP contribution in [-0.4, -0.2) is 12.6 Å². The zero-order chi connectivity index (χ0) is 22.0. The van der Waals surface area contributed by atoms with E-state index in [1.165, 1.54) is 70.6 Å². The molecule has 178 valence electrons. The molecule has 0 N–H and O–H groups in total. The molecule has 9 unspecified atom stereocenters. The minimum absolute atomic E-state index is 0.232. The largest absolute Gasteiger partial charge is 0.323 e. The smallest absolute Gasteiger partial charge is 0.177 e. The third-order valence-electron chi connectivity index (χ3n) is 11.8. The van der Waals surface area contributed by atoms with E-state index in [9.17, 15) is 0 Å². The molecule has 2 nitrogen and oxygen atoms in total. The zero-order valence-electron chi connectivity index (χ0n) is 21.4. The van der Waals surface area contributed by atoms with Crippen LogP contribution >= 0.6 is 0 Å². The van der Waals surface area contributed by atoms with Gasteiger partial charge >= 0.3 is 0 Å². The average Bonchev–Trinajstić information content (AvgIpc) is 3.04. The molecule has 1 heterocycles. The second-order valence-corrected chi connectivity index (χ2v) is 13.8. The summed E-state index contributed by atoms with van der Waals surface area (Å²) in [6.45, 7) is 15.7. The first kappa shape index (κ1) is 22.7. The normalized spacial score (nSPS) is 49.3. The van der Waals surface area contributed by atoms with E-state index in [1.807, 2.05) is 0 Å². The van der Waals surface area contributed by atoms with E-state index in [1.54, 1.807) is 0 Å². The van der Waals surface area contributed by atoms with Crippen molar-refractivity contribution >= 4 is 0 Å². The van der Waals surface area contributed by atoms with Gasteiger partial charge in [0.05, 0.1) is 0 Å². The molecule has 9 atom stereocenters. The van der Waals surface area contributed by atoms with Crippen molar-refractivity contribution in [1.82, 2.24) is 0 Å². The van der Waals surface area contributed by atoms with Gasteiger partial charge in [-0.25, -0.2) is 0 Å². The third-order valence-corrected chi connectivity index (χ3v) is 11.8. The fourth-order valence-corrected chi connectivity index (χ4v) is 10.1. The Hall–Kier alpha value is -0.0800. The van der Waals surface area contributed by atoms with Crippen molar-refractivity contribution in [3.8, 4) is 0 Å². The van der Waals surface area contributed by atoms with E-state index >= 15 is 0 Å². The van der Waals surface area contributed by atoms with E-state index in [-0.39, 0.29) is 5.79 Å². The van der Waals surface area contributed by atoms with Gasteiger partial charge in [0.25, 0.3) is 0 Å². The monoisotopic (exact) mass is 430 g/mol. The Balaban J connectivity index is 1.37. The standard InChI is InChI=1S/C29H50O2/c1-19(2)8-7-9-21(4)23-10-11-24-22-17-29(30-18-31-29)26-16-20(3)12-14-28(26,6)25(22)13-15-27(23,24)5/h19-26H,7-18H2,1-6H3. The highest BCUT2D eigenvalue weighted by atomic mass is 16.9. The summed E-state index contributed by atoms with van der Waals surface area (Å²) >= 11 is 0. The van der Waals surface area contributed by atoms with Crippen molar-refractivity contribution in [2.75, 3.05) is 6.79 Å². The highest BCUT2D eigenvalue weighted by Gasteiger charge is 2.68. The van der Waals surface area contributed by atoms with Gasteiger partial charge in [0, 0.05) is 12.3 Å². The topological polar surface area (TPSA) is 18.5 Å². The third kappa shape index (κ3) is 3.48. The molecule has 2 heteroatoms. The van der Waals surface area contributed by atoms with E-state index in [0.717, 1.165) is 41.4 Å². The molecule has 5 rings (SSSR count). The SMILES string of the molecule is CC(C)CCCC(C)C1CCC2C3CC4(OCO4)C4CC(C)CCC4(C)C3CCC12C. The van der Waals surface area contributed by atoms with Gasteiger partial charge in [0.2, 0.25) is 0 Å². The Labute approximate surface area is 192 Å². The van der Waals surface area contributed by atoms with Crippen molar-refractivity contribution in [1.29, 1.82) is 0 Å². The predicted molar refractivity (Wildman–Crippen MR) is 127 cm³/mol. The molecule has 5 fully saturated rings. The summed E-state index contributed by atoms with van der Waals surface area (Å²) in [6.07, 6.45) is 15.4. The molecule has 0 aromatic rings. The fraction of sp³-hybridized carbons (Fsp3) is 1.00. The van der Waals surface area contributed by atoms with Crippen LogP contribution in [0.3, 0.4) is 0 Å². The molecular formula is C29H50O2. The number of rotatable bonds is 5. The van der Waals surface area contributed by atoms with Crippen LogP contribution in [0.2, 0.25) is 0 Å². The van der Waals surface area contributed by atoms with Gasteiger partial charge in [0.1, 0.15) is 0 Å². The summed E-state index contributed by atoms with van der Waals surface area (Å²) in [5, 5.41) is 0. The molecule has 5 aliphatic rings. The zero-order valence-corrected chi connectivity index (χ0v) is 21.4. The molecule has 0 amide bonds. The van der Waals surface area contributed by atoms with Gasteiger partial charge in [-0.3, -0.25) is 0 Å². The first-order valence-electron chi connectivity index (χ1n) is 14.0. The summed E-state index contributed by atoms with van der Waals surface area (Å²) in [4.78, 5) is 0. The minimum Gasteiger partial charge on any atom is -0.323 e. The summed E-state index contributed by atoms with van der Waals surface area (Å²) in [7, 11) is 0. The molecule has 4 saturated carbocycles. The first-order chi connectivity index (χ1) is 14.7. The van der Waals surface area contributed by atoms with Crippen LogP contribution in [0.4, 0.5) is 0 Å². The second kappa shape index (κ2) is 8.00. The van der Waals surface area contributed by atoms with Gasteiger partial charge in [-0.2, -0.15) is 0 Å². The lowest BCUT2D eigenvalue weighted by Crippen LogP contribution is -2.67. The number of hydrogen-bond donors (Lipinski definition) is 0. The van der Waals surface area contributed by atoms with E-state index < -0.39 is 0 Å². The Morgan fingerprint density at radius 1 is 0.871 bits per heavy atom. The molecule has 1 saturated heterocycles. The summed E-state index contributed by atoms with van der Waals surface area (Å²) in [5.74, 6) is 6.50. The van der Waals surface area contributed by atoms with Gasteiger partial charge in [-0.1, -0.05) is 67.2 Å². The fourth-order valence-electron chi connectivity index (χ4n) is 10.1. The molecule has 31 heavy (non-hydrogen) atoms. The van der Waals surface area contributed by atoms with Crippen LogP contribution in [-0.2, 0) is 9.47 Å². The summed E-state index contributed by atoms with van der Waals surface area (Å²) < 4.78 is 12.8. The van der Waals surface area contributed by atoms with E-state index in [0.29, 0.717) is 23.5 Å². The lowest BCUT2D eigenvalue weighted by atomic mass is 9.42. The number of ether oxygens (including phenoxy) is 2. The van der Waals surface area contributed by atoms with Crippen LogP contribution < -0.4 is 0 Å². The molecule has 0 bridgehead atoms. The van der Waals surface area contributed by atoms with E-state index in [4.69, 9.17) is 9.47 Å². The Morgan fingerprint density at radius 3 is 2.26 bits per heavy atom. The maximum Gasteiger partial charge on any atom is 0.177 e. The van der Waals surface area contributed by atoms with Crippen molar-refractivity contribution in [2.45, 2.75) is 118 Å². The summed E-state index contributed by atoms with van der Waals surface area (Å²) in [6, 6.07) is 0. The molecule has 1 spiro atoms. The molecule has 4 aliphatic carbocycles. The highest BCUT2D eigenvalue weighted by molar-refractivity contribution is 5.14. The molecular weight excluding hydrogens is 380 g/mol. The van der Waals surface area contributed by atoms with Crippen LogP contribution in [0, 0.1) is 58.2 Å². The van der Waals surface area contributed by atoms with Crippen LogP contribution in [0.25, 0.3) is 0 Å². The number of hydrogen-bond acceptors (Lipinski definition) is 2. The molecule has 0 radical (unpaired) electrons. The van der Waals surface area contributed by atoms with E-state index in [2.05, 4.69) is 41.5 Å². The molecule has 0 aromatic carbocycles. The van der Waals surface area contributed by atoms with Crippen molar-refractivity contribution in [2.24, 2.45) is 58.2 Å².